The van der Waals surface area contributed by atoms with Gasteiger partial charge in [-0.15, -0.1) is 11.3 Å². The third-order valence-electron chi connectivity index (χ3n) is 3.48. The van der Waals surface area contributed by atoms with Crippen LogP contribution in [0, 0.1) is 0 Å². The number of ether oxygens (including phenoxy) is 1. The minimum absolute atomic E-state index is 0.0702. The number of hydrogen-bond donors (Lipinski definition) is 2. The molecule has 2 N–H and O–H groups in total. The fraction of sp³-hybridized carbons (Fsp3) is 0.600. The molecule has 0 radical (unpaired) electrons. The molecule has 0 aromatic carbocycles. The molecule has 1 aromatic rings. The first-order valence-corrected chi connectivity index (χ1v) is 8.46. The quantitative estimate of drug-likeness (QED) is 0.462. The van der Waals surface area contributed by atoms with Gasteiger partial charge in [-0.25, -0.2) is 4.99 Å². The van der Waals surface area contributed by atoms with E-state index >= 15 is 0 Å². The Morgan fingerprint density at radius 2 is 2.36 bits per heavy atom. The van der Waals surface area contributed by atoms with E-state index in [0.717, 1.165) is 19.5 Å². The summed E-state index contributed by atoms with van der Waals surface area (Å²) in [6, 6.07) is 2.11. The molecule has 1 aliphatic rings. The SMILES string of the molecule is CCNC(=NCC(=O)N1CCc2sccc2C1)NCCOC. The van der Waals surface area contributed by atoms with Crippen molar-refractivity contribution in [3.05, 3.63) is 21.9 Å². The van der Waals surface area contributed by atoms with E-state index in [1.54, 1.807) is 18.4 Å². The first kappa shape index (κ1) is 16.8. The highest BCUT2D eigenvalue weighted by molar-refractivity contribution is 7.10. The first-order chi connectivity index (χ1) is 10.7. The fourth-order valence-electron chi connectivity index (χ4n) is 2.32. The normalized spacial score (nSPS) is 14.6. The Kier molecular flexibility index (Phi) is 6.67. The van der Waals surface area contributed by atoms with Crippen molar-refractivity contribution in [2.45, 2.75) is 19.9 Å². The van der Waals surface area contributed by atoms with E-state index in [1.165, 1.54) is 10.4 Å². The summed E-state index contributed by atoms with van der Waals surface area (Å²) in [6.45, 7) is 5.69. The van der Waals surface area contributed by atoms with E-state index in [4.69, 9.17) is 4.74 Å². The minimum Gasteiger partial charge on any atom is -0.383 e. The Hall–Kier alpha value is -1.60. The lowest BCUT2D eigenvalue weighted by Gasteiger charge is -2.26. The number of thiophene rings is 1. The zero-order valence-electron chi connectivity index (χ0n) is 13.2. The molecule has 2 heterocycles. The Morgan fingerprint density at radius 1 is 1.50 bits per heavy atom. The Morgan fingerprint density at radius 3 is 3.14 bits per heavy atom. The Balaban J connectivity index is 1.85. The molecule has 0 bridgehead atoms. The van der Waals surface area contributed by atoms with Gasteiger partial charge in [-0.2, -0.15) is 0 Å². The number of fused-ring (bicyclic) bond motifs is 1. The summed E-state index contributed by atoms with van der Waals surface area (Å²) in [5.41, 5.74) is 1.28. The number of hydrogen-bond acceptors (Lipinski definition) is 4. The molecule has 1 aliphatic heterocycles. The van der Waals surface area contributed by atoms with Crippen LogP contribution in [0.5, 0.6) is 0 Å². The van der Waals surface area contributed by atoms with Gasteiger partial charge in [0.25, 0.3) is 0 Å². The molecule has 0 spiro atoms. The monoisotopic (exact) mass is 324 g/mol. The van der Waals surface area contributed by atoms with Gasteiger partial charge in [0.2, 0.25) is 5.91 Å². The molecule has 1 amide bonds. The highest BCUT2D eigenvalue weighted by atomic mass is 32.1. The van der Waals surface area contributed by atoms with Gasteiger partial charge in [0.15, 0.2) is 5.96 Å². The van der Waals surface area contributed by atoms with Crippen LogP contribution in [-0.2, 0) is 22.5 Å². The van der Waals surface area contributed by atoms with Crippen LogP contribution in [0.25, 0.3) is 0 Å². The number of nitrogens with one attached hydrogen (secondary N) is 2. The summed E-state index contributed by atoms with van der Waals surface area (Å²) < 4.78 is 5.00. The van der Waals surface area contributed by atoms with Crippen molar-refractivity contribution in [1.29, 1.82) is 0 Å². The lowest BCUT2D eigenvalue weighted by molar-refractivity contribution is -0.130. The fourth-order valence-corrected chi connectivity index (χ4v) is 3.21. The summed E-state index contributed by atoms with van der Waals surface area (Å²) in [5, 5.41) is 8.36. The van der Waals surface area contributed by atoms with Crippen molar-refractivity contribution < 1.29 is 9.53 Å². The van der Waals surface area contributed by atoms with Crippen molar-refractivity contribution >= 4 is 23.2 Å². The highest BCUT2D eigenvalue weighted by Gasteiger charge is 2.21. The summed E-state index contributed by atoms with van der Waals surface area (Å²) in [6.07, 6.45) is 0.953. The Labute approximate surface area is 135 Å². The van der Waals surface area contributed by atoms with Crippen LogP contribution in [0.4, 0.5) is 0 Å². The third-order valence-corrected chi connectivity index (χ3v) is 4.50. The van der Waals surface area contributed by atoms with Crippen molar-refractivity contribution in [3.8, 4) is 0 Å². The smallest absolute Gasteiger partial charge is 0.244 e. The molecule has 6 nitrogen and oxygen atoms in total. The average molecular weight is 324 g/mol. The second-order valence-corrected chi connectivity index (χ2v) is 6.05. The largest absolute Gasteiger partial charge is 0.383 e. The number of carbonyl (C=O) groups is 1. The van der Waals surface area contributed by atoms with Gasteiger partial charge in [0, 0.05) is 38.2 Å². The molecule has 2 rings (SSSR count). The summed E-state index contributed by atoms with van der Waals surface area (Å²) >= 11 is 1.78. The van der Waals surface area contributed by atoms with Gasteiger partial charge in [-0.3, -0.25) is 4.79 Å². The zero-order valence-corrected chi connectivity index (χ0v) is 14.0. The van der Waals surface area contributed by atoms with Crippen LogP contribution < -0.4 is 10.6 Å². The van der Waals surface area contributed by atoms with E-state index in [-0.39, 0.29) is 12.5 Å². The van der Waals surface area contributed by atoms with Gasteiger partial charge in [-0.05, 0) is 30.4 Å². The van der Waals surface area contributed by atoms with Crippen LogP contribution in [-0.4, -0.2) is 56.7 Å². The molecule has 22 heavy (non-hydrogen) atoms. The third kappa shape index (κ3) is 4.71. The van der Waals surface area contributed by atoms with E-state index in [9.17, 15) is 4.79 Å². The van der Waals surface area contributed by atoms with Crippen LogP contribution in [0.1, 0.15) is 17.4 Å². The molecule has 1 aromatic heterocycles. The van der Waals surface area contributed by atoms with E-state index < -0.39 is 0 Å². The molecule has 0 saturated heterocycles. The van der Waals surface area contributed by atoms with Crippen LogP contribution in [0.2, 0.25) is 0 Å². The maximum absolute atomic E-state index is 12.3. The van der Waals surface area contributed by atoms with Crippen LogP contribution in [0.15, 0.2) is 16.4 Å². The lowest BCUT2D eigenvalue weighted by Crippen LogP contribution is -2.41. The minimum atomic E-state index is 0.0702. The molecular formula is C15H24N4O2S. The molecule has 0 saturated carbocycles. The number of carbonyl (C=O) groups excluding carboxylic acids is 1. The topological polar surface area (TPSA) is 66.0 Å². The maximum atomic E-state index is 12.3. The number of amides is 1. The van der Waals surface area contributed by atoms with Crippen LogP contribution in [0.3, 0.4) is 0 Å². The Bertz CT molecular complexity index is 515. The van der Waals surface area contributed by atoms with Crippen molar-refractivity contribution in [2.75, 3.05) is 39.9 Å². The molecule has 0 atom stereocenters. The summed E-state index contributed by atoms with van der Waals surface area (Å²) in [7, 11) is 1.66. The molecule has 0 aliphatic carbocycles. The van der Waals surface area contributed by atoms with Gasteiger partial charge in [0.05, 0.1) is 6.61 Å². The lowest BCUT2D eigenvalue weighted by atomic mass is 10.1. The molecular weight excluding hydrogens is 300 g/mol. The predicted molar refractivity (Wildman–Crippen MR) is 89.3 cm³/mol. The van der Waals surface area contributed by atoms with Crippen molar-refractivity contribution in [2.24, 2.45) is 4.99 Å². The number of nitrogens with zero attached hydrogens (tertiary/aromatic N) is 2. The summed E-state index contributed by atoms with van der Waals surface area (Å²) in [5.74, 6) is 0.724. The number of guanidine groups is 1. The summed E-state index contributed by atoms with van der Waals surface area (Å²) in [4.78, 5) is 20.0. The molecule has 122 valence electrons. The van der Waals surface area contributed by atoms with E-state index in [0.29, 0.717) is 25.7 Å². The second kappa shape index (κ2) is 8.75. The number of rotatable bonds is 6. The van der Waals surface area contributed by atoms with Gasteiger partial charge >= 0.3 is 0 Å². The first-order valence-electron chi connectivity index (χ1n) is 7.58. The molecule has 0 fully saturated rings. The molecule has 7 heteroatoms. The number of methoxy groups -OCH3 is 1. The number of aliphatic imine (C=N–C) groups is 1. The van der Waals surface area contributed by atoms with Gasteiger partial charge in [0.1, 0.15) is 6.54 Å². The van der Waals surface area contributed by atoms with Crippen LogP contribution >= 0.6 is 11.3 Å². The highest BCUT2D eigenvalue weighted by Crippen LogP contribution is 2.23. The standard InChI is InChI=1S/C15H24N4O2S/c1-3-16-15(17-6-8-21-2)18-10-14(20)19-7-4-13-12(11-19)5-9-22-13/h5,9H,3-4,6-8,10-11H2,1-2H3,(H2,16,17,18). The zero-order chi connectivity index (χ0) is 15.8. The molecule has 0 unspecified atom stereocenters. The maximum Gasteiger partial charge on any atom is 0.244 e. The van der Waals surface area contributed by atoms with Gasteiger partial charge in [-0.1, -0.05) is 0 Å². The average Bonchev–Trinajstić information content (AvgIpc) is 3.00. The van der Waals surface area contributed by atoms with Crippen molar-refractivity contribution in [1.82, 2.24) is 15.5 Å². The second-order valence-electron chi connectivity index (χ2n) is 5.05. The van der Waals surface area contributed by atoms with Crippen molar-refractivity contribution in [3.63, 3.8) is 0 Å². The van der Waals surface area contributed by atoms with E-state index in [1.807, 2.05) is 11.8 Å². The van der Waals surface area contributed by atoms with E-state index in [2.05, 4.69) is 27.1 Å². The van der Waals surface area contributed by atoms with Gasteiger partial charge < -0.3 is 20.3 Å². The predicted octanol–water partition coefficient (Wildman–Crippen LogP) is 0.834.